The number of methoxy groups -OCH3 is 1. The van der Waals surface area contributed by atoms with E-state index in [2.05, 4.69) is 25.5 Å². The Hall–Kier alpha value is -3.11. The van der Waals surface area contributed by atoms with Crippen molar-refractivity contribution in [2.45, 2.75) is 13.0 Å². The van der Waals surface area contributed by atoms with Gasteiger partial charge >= 0.3 is 0 Å². The molecule has 0 bridgehead atoms. The van der Waals surface area contributed by atoms with Gasteiger partial charge in [-0.1, -0.05) is 34.8 Å². The zero-order valence-corrected chi connectivity index (χ0v) is 22.9. The maximum atomic E-state index is 13.2. The molecule has 0 atom stereocenters. The van der Waals surface area contributed by atoms with E-state index >= 15 is 0 Å². The summed E-state index contributed by atoms with van der Waals surface area (Å²) in [6.07, 6.45) is 6.19. The Balaban J connectivity index is 1.56. The van der Waals surface area contributed by atoms with E-state index in [1.54, 1.807) is 17.5 Å². The fourth-order valence-corrected chi connectivity index (χ4v) is 5.04. The highest BCUT2D eigenvalue weighted by Crippen LogP contribution is 2.35. The molecule has 0 saturated heterocycles. The van der Waals surface area contributed by atoms with Crippen LogP contribution in [-0.2, 0) is 6.54 Å². The second-order valence-corrected chi connectivity index (χ2v) is 10.2. The fourth-order valence-electron chi connectivity index (χ4n) is 3.47. The highest BCUT2D eigenvalue weighted by atomic mass is 35.5. The average molecular weight is 579 g/mol. The van der Waals surface area contributed by atoms with Crippen molar-refractivity contribution in [3.8, 4) is 5.75 Å². The second kappa shape index (κ2) is 12.0. The van der Waals surface area contributed by atoms with Crippen LogP contribution in [-0.4, -0.2) is 48.1 Å². The number of aromatic nitrogens is 1. The molecule has 3 aromatic rings. The van der Waals surface area contributed by atoms with Crippen molar-refractivity contribution in [3.63, 3.8) is 0 Å². The molecule has 192 valence electrons. The minimum absolute atomic E-state index is 0.0859. The molecule has 0 unspecified atom stereocenters. The molecule has 2 amide bonds. The summed E-state index contributed by atoms with van der Waals surface area (Å²) in [7, 11) is 3.42. The quantitative estimate of drug-likeness (QED) is 0.338. The molecule has 3 heterocycles. The number of halogens is 3. The number of rotatable bonds is 7. The monoisotopic (exact) mass is 577 g/mol. The van der Waals surface area contributed by atoms with E-state index in [1.807, 2.05) is 19.3 Å². The summed E-state index contributed by atoms with van der Waals surface area (Å²) < 4.78 is 5.40. The van der Waals surface area contributed by atoms with E-state index in [9.17, 15) is 9.59 Å². The van der Waals surface area contributed by atoms with Crippen LogP contribution in [0.3, 0.4) is 0 Å². The SMILES string of the molecule is COc1cc(Cl)cc(C(=O)Nc2ccc(Cl)cn2)c1NC(=O)c1scc(CN=C2C=CN(C)CC2)c1Cl. The van der Waals surface area contributed by atoms with Crippen molar-refractivity contribution in [3.05, 3.63) is 79.2 Å². The number of ether oxygens (including phenoxy) is 1. The average Bonchev–Trinajstić information content (AvgIpc) is 3.25. The number of thiophene rings is 1. The number of amides is 2. The van der Waals surface area contributed by atoms with Crippen LogP contribution in [0.25, 0.3) is 0 Å². The summed E-state index contributed by atoms with van der Waals surface area (Å²) in [6.45, 7) is 1.26. The van der Waals surface area contributed by atoms with Gasteiger partial charge in [0.25, 0.3) is 11.8 Å². The zero-order valence-electron chi connectivity index (χ0n) is 19.8. The van der Waals surface area contributed by atoms with E-state index in [4.69, 9.17) is 39.5 Å². The molecular formula is C25H22Cl3N5O3S. The van der Waals surface area contributed by atoms with Crippen LogP contribution in [0.1, 0.15) is 32.0 Å². The van der Waals surface area contributed by atoms with Crippen molar-refractivity contribution in [1.82, 2.24) is 9.88 Å². The van der Waals surface area contributed by atoms with E-state index in [-0.39, 0.29) is 27.8 Å². The first-order valence-electron chi connectivity index (χ1n) is 11.0. The van der Waals surface area contributed by atoms with Gasteiger partial charge in [0, 0.05) is 54.8 Å². The number of carbonyl (C=O) groups is 2. The number of pyridine rings is 1. The normalized spacial score (nSPS) is 14.1. The van der Waals surface area contributed by atoms with Gasteiger partial charge in [0.2, 0.25) is 0 Å². The van der Waals surface area contributed by atoms with Gasteiger partial charge in [-0.2, -0.15) is 0 Å². The summed E-state index contributed by atoms with van der Waals surface area (Å²) in [4.78, 5) is 37.4. The van der Waals surface area contributed by atoms with E-state index in [0.717, 1.165) is 24.2 Å². The molecule has 8 nitrogen and oxygen atoms in total. The smallest absolute Gasteiger partial charge is 0.267 e. The third-order valence-corrected chi connectivity index (χ3v) is 7.45. The standard InChI is InChI=1S/C25H22Cl3N5O3S/c1-33-7-5-17(6-8-33)29-11-14-13-37-23(21(14)28)25(35)32-22-18(9-16(27)10-19(22)36-2)24(34)31-20-4-3-15(26)12-30-20/h3-5,7,9-10,12-13H,6,8,11H2,1-2H3,(H,32,35)(H,30,31,34). The number of nitrogens with one attached hydrogen (secondary N) is 2. The highest BCUT2D eigenvalue weighted by Gasteiger charge is 2.23. The first-order chi connectivity index (χ1) is 17.7. The molecule has 1 aliphatic rings. The van der Waals surface area contributed by atoms with E-state index in [0.29, 0.717) is 21.5 Å². The third-order valence-electron chi connectivity index (χ3n) is 5.44. The molecule has 12 heteroatoms. The molecule has 4 rings (SSSR count). The summed E-state index contributed by atoms with van der Waals surface area (Å²) >= 11 is 19.8. The first-order valence-corrected chi connectivity index (χ1v) is 13.1. The molecular weight excluding hydrogens is 557 g/mol. The van der Waals surface area contributed by atoms with Crippen LogP contribution < -0.4 is 15.4 Å². The summed E-state index contributed by atoms with van der Waals surface area (Å²) in [5.74, 6) is -0.556. The Morgan fingerprint density at radius 1 is 1.16 bits per heavy atom. The molecule has 0 spiro atoms. The van der Waals surface area contributed by atoms with Gasteiger partial charge in [-0.05, 0) is 29.7 Å². The lowest BCUT2D eigenvalue weighted by Crippen LogP contribution is -2.20. The molecule has 0 radical (unpaired) electrons. The van der Waals surface area contributed by atoms with Crippen LogP contribution in [0, 0.1) is 0 Å². The minimum Gasteiger partial charge on any atom is -0.494 e. The van der Waals surface area contributed by atoms with Crippen LogP contribution in [0.5, 0.6) is 5.75 Å². The lowest BCUT2D eigenvalue weighted by Gasteiger charge is -2.18. The Labute approximate surface area is 232 Å². The van der Waals surface area contributed by atoms with Crippen LogP contribution in [0.4, 0.5) is 11.5 Å². The van der Waals surface area contributed by atoms with Gasteiger partial charge < -0.3 is 20.3 Å². The Morgan fingerprint density at radius 2 is 1.97 bits per heavy atom. The van der Waals surface area contributed by atoms with Crippen LogP contribution in [0.2, 0.25) is 15.1 Å². The molecule has 0 aliphatic carbocycles. The lowest BCUT2D eigenvalue weighted by molar-refractivity contribution is 0.102. The van der Waals surface area contributed by atoms with Gasteiger partial charge in [0.05, 0.1) is 35.0 Å². The Bertz CT molecular complexity index is 1390. The number of nitrogens with zero attached hydrogens (tertiary/aromatic N) is 3. The van der Waals surface area contributed by atoms with Crippen LogP contribution >= 0.6 is 46.1 Å². The Kier molecular flexibility index (Phi) is 8.71. The predicted octanol–water partition coefficient (Wildman–Crippen LogP) is 6.41. The van der Waals surface area contributed by atoms with Gasteiger partial charge in [-0.25, -0.2) is 4.98 Å². The molecule has 1 aliphatic heterocycles. The van der Waals surface area contributed by atoms with Crippen molar-refractivity contribution in [2.24, 2.45) is 4.99 Å². The highest BCUT2D eigenvalue weighted by molar-refractivity contribution is 7.13. The van der Waals surface area contributed by atoms with Gasteiger partial charge in [-0.15, -0.1) is 11.3 Å². The number of anilines is 2. The zero-order chi connectivity index (χ0) is 26.5. The summed E-state index contributed by atoms with van der Waals surface area (Å²) in [6, 6.07) is 6.08. The van der Waals surface area contributed by atoms with Crippen molar-refractivity contribution >= 4 is 75.2 Å². The maximum Gasteiger partial charge on any atom is 0.267 e. The van der Waals surface area contributed by atoms with E-state index in [1.165, 1.54) is 36.8 Å². The fraction of sp³-hybridized carbons (Fsp3) is 0.200. The predicted molar refractivity (Wildman–Crippen MR) is 150 cm³/mol. The number of carbonyl (C=O) groups excluding carboxylic acids is 2. The largest absolute Gasteiger partial charge is 0.494 e. The number of allylic oxidation sites excluding steroid dienone is 1. The van der Waals surface area contributed by atoms with E-state index < -0.39 is 11.8 Å². The number of aliphatic imine (C=N–C) groups is 1. The lowest BCUT2D eigenvalue weighted by atomic mass is 10.1. The van der Waals surface area contributed by atoms with Crippen molar-refractivity contribution < 1.29 is 14.3 Å². The first kappa shape index (κ1) is 26.9. The number of benzene rings is 1. The molecule has 0 saturated carbocycles. The number of hydrogen-bond donors (Lipinski definition) is 2. The molecule has 0 fully saturated rings. The molecule has 2 N–H and O–H groups in total. The maximum absolute atomic E-state index is 13.2. The van der Waals surface area contributed by atoms with Gasteiger partial charge in [-0.3, -0.25) is 14.6 Å². The third kappa shape index (κ3) is 6.61. The second-order valence-electron chi connectivity index (χ2n) is 8.06. The van der Waals surface area contributed by atoms with Crippen molar-refractivity contribution in [2.75, 3.05) is 31.3 Å². The van der Waals surface area contributed by atoms with Gasteiger partial charge in [0.15, 0.2) is 0 Å². The summed E-state index contributed by atoms with van der Waals surface area (Å²) in [5.41, 5.74) is 1.95. The topological polar surface area (TPSA) is 95.9 Å². The van der Waals surface area contributed by atoms with Crippen molar-refractivity contribution in [1.29, 1.82) is 0 Å². The summed E-state index contributed by atoms with van der Waals surface area (Å²) in [5, 5.41) is 8.22. The number of hydrogen-bond acceptors (Lipinski definition) is 7. The minimum atomic E-state index is -0.550. The molecule has 1 aromatic carbocycles. The van der Waals surface area contributed by atoms with Crippen LogP contribution in [0.15, 0.2) is 53.1 Å². The Morgan fingerprint density at radius 3 is 2.65 bits per heavy atom. The molecule has 37 heavy (non-hydrogen) atoms. The molecule has 2 aromatic heterocycles. The van der Waals surface area contributed by atoms with Gasteiger partial charge in [0.1, 0.15) is 16.4 Å².